The number of rotatable bonds is 1. The van der Waals surface area contributed by atoms with E-state index >= 15 is 0 Å². The molecule has 0 atom stereocenters. The van der Waals surface area contributed by atoms with E-state index in [1.54, 1.807) is 11.3 Å². The van der Waals surface area contributed by atoms with Crippen LogP contribution in [0.2, 0.25) is 0 Å². The lowest BCUT2D eigenvalue weighted by Crippen LogP contribution is -1.87. The third kappa shape index (κ3) is 2.08. The smallest absolute Gasteiger partial charge is 0.0320 e. The lowest BCUT2D eigenvalue weighted by Gasteiger charge is -2.04. The molecule has 0 unspecified atom stereocenters. The van der Waals surface area contributed by atoms with Gasteiger partial charge < -0.3 is 5.73 Å². The van der Waals surface area contributed by atoms with Crippen LogP contribution in [0.15, 0.2) is 35.0 Å². The molecule has 0 radical (unpaired) electrons. The maximum atomic E-state index is 5.74. The van der Waals surface area contributed by atoms with Crippen LogP contribution in [0.1, 0.15) is 5.56 Å². The molecule has 3 heteroatoms. The Bertz CT molecular complexity index is 409. The van der Waals surface area contributed by atoms with E-state index < -0.39 is 0 Å². The van der Waals surface area contributed by atoms with E-state index in [2.05, 4.69) is 29.8 Å². The quantitative estimate of drug-likeness (QED) is 0.736. The van der Waals surface area contributed by atoms with Gasteiger partial charge in [-0.05, 0) is 52.6 Å². The van der Waals surface area contributed by atoms with Crippen molar-refractivity contribution in [2.45, 2.75) is 6.92 Å². The minimum atomic E-state index is 0. The molecule has 0 saturated carbocycles. The number of nitrogens with two attached hydrogens (primary N) is 1. The van der Waals surface area contributed by atoms with E-state index in [4.69, 9.17) is 5.73 Å². The highest BCUT2D eigenvalue weighted by atomic mass is 35.5. The summed E-state index contributed by atoms with van der Waals surface area (Å²) in [6.07, 6.45) is 0. The molecule has 1 heterocycles. The predicted octanol–water partition coefficient (Wildman–Crippen LogP) is 3.73. The zero-order valence-electron chi connectivity index (χ0n) is 7.86. The summed E-state index contributed by atoms with van der Waals surface area (Å²) in [5, 5.41) is 4.22. The maximum absolute atomic E-state index is 5.74. The highest BCUT2D eigenvalue weighted by Gasteiger charge is 2.01. The first kappa shape index (κ1) is 11.1. The van der Waals surface area contributed by atoms with Crippen LogP contribution in [-0.4, -0.2) is 0 Å². The Morgan fingerprint density at radius 3 is 2.64 bits per heavy atom. The van der Waals surface area contributed by atoms with Crippen LogP contribution in [0.5, 0.6) is 0 Å². The van der Waals surface area contributed by atoms with Crippen molar-refractivity contribution >= 4 is 29.4 Å². The van der Waals surface area contributed by atoms with E-state index in [-0.39, 0.29) is 12.4 Å². The lowest BCUT2D eigenvalue weighted by atomic mass is 10.0. The Morgan fingerprint density at radius 2 is 2.00 bits per heavy atom. The number of anilines is 1. The average Bonchev–Trinajstić information content (AvgIpc) is 2.61. The summed E-state index contributed by atoms with van der Waals surface area (Å²) in [6, 6.07) is 8.14. The first-order chi connectivity index (χ1) is 6.27. The molecule has 74 valence electrons. The second-order valence-corrected chi connectivity index (χ2v) is 3.87. The summed E-state index contributed by atoms with van der Waals surface area (Å²) in [7, 11) is 0. The van der Waals surface area contributed by atoms with Crippen molar-refractivity contribution < 1.29 is 0 Å². The fourth-order valence-electron chi connectivity index (χ4n) is 1.37. The van der Waals surface area contributed by atoms with Gasteiger partial charge in [0.05, 0.1) is 0 Å². The van der Waals surface area contributed by atoms with Crippen LogP contribution in [0.4, 0.5) is 5.69 Å². The molecule has 14 heavy (non-hydrogen) atoms. The molecule has 0 aliphatic carbocycles. The molecular weight excluding hydrogens is 214 g/mol. The number of halogens is 1. The SMILES string of the molecule is Cc1ccc(N)cc1-c1ccsc1.Cl. The number of thiophene rings is 1. The summed E-state index contributed by atoms with van der Waals surface area (Å²) >= 11 is 1.71. The minimum Gasteiger partial charge on any atom is -0.399 e. The molecule has 1 aromatic heterocycles. The van der Waals surface area contributed by atoms with Gasteiger partial charge in [0.25, 0.3) is 0 Å². The summed E-state index contributed by atoms with van der Waals surface area (Å²) in [5.74, 6) is 0. The number of aryl methyl sites for hydroxylation is 1. The molecule has 1 aromatic carbocycles. The second kappa shape index (κ2) is 4.49. The number of hydrogen-bond acceptors (Lipinski definition) is 2. The van der Waals surface area contributed by atoms with Gasteiger partial charge in [0.2, 0.25) is 0 Å². The fourth-order valence-corrected chi connectivity index (χ4v) is 2.02. The molecule has 0 aliphatic heterocycles. The Hall–Kier alpha value is -0.990. The zero-order chi connectivity index (χ0) is 9.26. The Morgan fingerprint density at radius 1 is 1.21 bits per heavy atom. The Labute approximate surface area is 94.0 Å². The monoisotopic (exact) mass is 225 g/mol. The van der Waals surface area contributed by atoms with Gasteiger partial charge in [-0.25, -0.2) is 0 Å². The summed E-state index contributed by atoms with van der Waals surface area (Å²) in [5.41, 5.74) is 10.3. The zero-order valence-corrected chi connectivity index (χ0v) is 9.49. The van der Waals surface area contributed by atoms with E-state index in [0.29, 0.717) is 0 Å². The van der Waals surface area contributed by atoms with Crippen molar-refractivity contribution in [2.75, 3.05) is 5.73 Å². The van der Waals surface area contributed by atoms with E-state index in [1.165, 1.54) is 16.7 Å². The first-order valence-electron chi connectivity index (χ1n) is 4.16. The molecule has 1 nitrogen and oxygen atoms in total. The molecule has 2 N–H and O–H groups in total. The normalized spacial score (nSPS) is 9.50. The fraction of sp³-hybridized carbons (Fsp3) is 0.0909. The van der Waals surface area contributed by atoms with Gasteiger partial charge in [0.15, 0.2) is 0 Å². The van der Waals surface area contributed by atoms with Crippen molar-refractivity contribution in [3.05, 3.63) is 40.6 Å². The average molecular weight is 226 g/mol. The maximum Gasteiger partial charge on any atom is 0.0320 e. The first-order valence-corrected chi connectivity index (χ1v) is 5.10. The van der Waals surface area contributed by atoms with Gasteiger partial charge in [-0.15, -0.1) is 12.4 Å². The number of hydrogen-bond donors (Lipinski definition) is 1. The lowest BCUT2D eigenvalue weighted by molar-refractivity contribution is 1.47. The van der Waals surface area contributed by atoms with Crippen LogP contribution in [-0.2, 0) is 0 Å². The number of benzene rings is 1. The topological polar surface area (TPSA) is 26.0 Å². The van der Waals surface area contributed by atoms with E-state index in [0.717, 1.165) is 5.69 Å². The minimum absolute atomic E-state index is 0. The third-order valence-electron chi connectivity index (χ3n) is 2.09. The second-order valence-electron chi connectivity index (χ2n) is 3.09. The number of nitrogen functional groups attached to an aromatic ring is 1. The molecule has 0 fully saturated rings. The van der Waals surface area contributed by atoms with Crippen LogP contribution >= 0.6 is 23.7 Å². The summed E-state index contributed by atoms with van der Waals surface area (Å²) in [6.45, 7) is 2.10. The van der Waals surface area contributed by atoms with Gasteiger partial charge >= 0.3 is 0 Å². The molecule has 0 bridgehead atoms. The van der Waals surface area contributed by atoms with Crippen LogP contribution < -0.4 is 5.73 Å². The highest BCUT2D eigenvalue weighted by molar-refractivity contribution is 7.08. The Balaban J connectivity index is 0.000000980. The van der Waals surface area contributed by atoms with Crippen molar-refractivity contribution in [1.29, 1.82) is 0 Å². The van der Waals surface area contributed by atoms with Gasteiger partial charge in [-0.1, -0.05) is 6.07 Å². The van der Waals surface area contributed by atoms with Gasteiger partial charge in [0.1, 0.15) is 0 Å². The van der Waals surface area contributed by atoms with Gasteiger partial charge in [-0.3, -0.25) is 0 Å². The molecular formula is C11H12ClNS. The molecule has 0 saturated heterocycles. The van der Waals surface area contributed by atoms with E-state index in [9.17, 15) is 0 Å². The van der Waals surface area contributed by atoms with Crippen LogP contribution in [0.3, 0.4) is 0 Å². The van der Waals surface area contributed by atoms with Crippen LogP contribution in [0, 0.1) is 6.92 Å². The highest BCUT2D eigenvalue weighted by Crippen LogP contribution is 2.27. The molecule has 0 amide bonds. The molecule has 2 aromatic rings. The summed E-state index contributed by atoms with van der Waals surface area (Å²) < 4.78 is 0. The van der Waals surface area contributed by atoms with E-state index in [1.807, 2.05) is 12.1 Å². The summed E-state index contributed by atoms with van der Waals surface area (Å²) in [4.78, 5) is 0. The third-order valence-corrected chi connectivity index (χ3v) is 2.78. The molecule has 2 rings (SSSR count). The largest absolute Gasteiger partial charge is 0.399 e. The van der Waals surface area contributed by atoms with Gasteiger partial charge in [0, 0.05) is 5.69 Å². The standard InChI is InChI=1S/C11H11NS.ClH/c1-8-2-3-10(12)6-11(8)9-4-5-13-7-9;/h2-7H,12H2,1H3;1H. The van der Waals surface area contributed by atoms with Crippen molar-refractivity contribution in [3.63, 3.8) is 0 Å². The van der Waals surface area contributed by atoms with Crippen molar-refractivity contribution in [2.24, 2.45) is 0 Å². The Kier molecular flexibility index (Phi) is 3.55. The van der Waals surface area contributed by atoms with Crippen molar-refractivity contribution in [3.8, 4) is 11.1 Å². The molecule has 0 aliphatic rings. The van der Waals surface area contributed by atoms with Crippen LogP contribution in [0.25, 0.3) is 11.1 Å². The van der Waals surface area contributed by atoms with Crippen molar-refractivity contribution in [1.82, 2.24) is 0 Å². The molecule has 0 spiro atoms. The predicted molar refractivity (Wildman–Crippen MR) is 66.2 cm³/mol. The van der Waals surface area contributed by atoms with Gasteiger partial charge in [-0.2, -0.15) is 11.3 Å².